The molecule has 27 heavy (non-hydrogen) atoms. The van der Waals surface area contributed by atoms with E-state index in [-0.39, 0.29) is 11.6 Å². The zero-order valence-corrected chi connectivity index (χ0v) is 17.4. The van der Waals surface area contributed by atoms with Crippen molar-refractivity contribution in [3.8, 4) is 15.6 Å². The third-order valence-electron chi connectivity index (χ3n) is 4.37. The Morgan fingerprint density at radius 2 is 2.19 bits per heavy atom. The fourth-order valence-electron chi connectivity index (χ4n) is 3.28. The van der Waals surface area contributed by atoms with E-state index in [1.54, 1.807) is 17.5 Å². The van der Waals surface area contributed by atoms with Gasteiger partial charge in [0.25, 0.3) is 0 Å². The number of hydrogen-bond acceptors (Lipinski definition) is 7. The van der Waals surface area contributed by atoms with Crippen molar-refractivity contribution in [2.45, 2.75) is 38.3 Å². The molecule has 0 aromatic carbocycles. The van der Waals surface area contributed by atoms with Gasteiger partial charge < -0.3 is 20.3 Å². The van der Waals surface area contributed by atoms with Gasteiger partial charge >= 0.3 is 0 Å². The Kier molecular flexibility index (Phi) is 6.01. The lowest BCUT2D eigenvalue weighted by Crippen LogP contribution is -2.48. The number of rotatable bonds is 7. The summed E-state index contributed by atoms with van der Waals surface area (Å²) in [5.41, 5.74) is 1.99. The number of likely N-dealkylation sites (N-methyl/N-ethyl adjacent to an activating group) is 1. The predicted molar refractivity (Wildman–Crippen MR) is 112 cm³/mol. The van der Waals surface area contributed by atoms with Crippen LogP contribution in [-0.4, -0.2) is 53.7 Å². The summed E-state index contributed by atoms with van der Waals surface area (Å²) in [4.78, 5) is 12.3. The van der Waals surface area contributed by atoms with Crippen LogP contribution in [0.5, 0.6) is 5.06 Å². The van der Waals surface area contributed by atoms with Crippen molar-refractivity contribution in [3.63, 3.8) is 0 Å². The van der Waals surface area contributed by atoms with E-state index in [2.05, 4.69) is 47.0 Å². The molecule has 0 saturated carbocycles. The molecular weight excluding hydrogens is 358 g/mol. The van der Waals surface area contributed by atoms with Crippen molar-refractivity contribution in [2.75, 3.05) is 32.6 Å². The molecule has 1 fully saturated rings. The molecule has 3 heterocycles. The maximum absolute atomic E-state index is 5.81. The first-order valence-electron chi connectivity index (χ1n) is 9.24. The summed E-state index contributed by atoms with van der Waals surface area (Å²) < 4.78 is 5.81. The lowest BCUT2D eigenvalue weighted by atomic mass is 9.88. The first kappa shape index (κ1) is 19.6. The summed E-state index contributed by atoms with van der Waals surface area (Å²) in [5, 5.41) is 7.83. The average Bonchev–Trinajstić information content (AvgIpc) is 3.01. The Morgan fingerprint density at radius 3 is 2.93 bits per heavy atom. The molecule has 2 aromatic heterocycles. The maximum atomic E-state index is 5.81. The standard InChI is InChI=1S/C20H29N5OS/c1-14-12-15(13-20(2,3)24-14)22-19-21-9-8-16(23-19)17-6-7-18(27-17)26-11-10-25(4)5/h6-9,15,24H,1,10-13H2,2-5H3,(H,21,22,23). The molecule has 1 unspecified atom stereocenters. The lowest BCUT2D eigenvalue weighted by Gasteiger charge is -2.38. The molecular formula is C20H29N5OS. The Hall–Kier alpha value is -2.12. The van der Waals surface area contributed by atoms with Crippen LogP contribution in [0.3, 0.4) is 0 Å². The normalized spacial score (nSPS) is 19.0. The molecule has 146 valence electrons. The monoisotopic (exact) mass is 387 g/mol. The first-order valence-corrected chi connectivity index (χ1v) is 10.1. The van der Waals surface area contributed by atoms with Crippen LogP contribution in [0.15, 0.2) is 36.7 Å². The van der Waals surface area contributed by atoms with E-state index in [0.29, 0.717) is 12.6 Å². The third kappa shape index (κ3) is 5.68. The van der Waals surface area contributed by atoms with Crippen molar-refractivity contribution in [1.29, 1.82) is 0 Å². The molecule has 3 rings (SSSR count). The summed E-state index contributed by atoms with van der Waals surface area (Å²) in [6.07, 6.45) is 3.67. The highest BCUT2D eigenvalue weighted by molar-refractivity contribution is 7.17. The Labute approximate surface area is 165 Å². The molecule has 1 atom stereocenters. The molecule has 0 radical (unpaired) electrons. The second kappa shape index (κ2) is 8.27. The number of anilines is 1. The number of thiophene rings is 1. The van der Waals surface area contributed by atoms with E-state index in [4.69, 9.17) is 9.72 Å². The highest BCUT2D eigenvalue weighted by Gasteiger charge is 2.29. The number of ether oxygens (including phenoxy) is 1. The largest absolute Gasteiger partial charge is 0.483 e. The number of hydrogen-bond donors (Lipinski definition) is 2. The molecule has 6 nitrogen and oxygen atoms in total. The molecule has 7 heteroatoms. The van der Waals surface area contributed by atoms with Crippen LogP contribution in [-0.2, 0) is 0 Å². The van der Waals surface area contributed by atoms with E-state index in [0.717, 1.165) is 40.7 Å². The molecule has 1 aliphatic heterocycles. The van der Waals surface area contributed by atoms with E-state index < -0.39 is 0 Å². The van der Waals surface area contributed by atoms with E-state index in [1.807, 2.05) is 26.2 Å². The van der Waals surface area contributed by atoms with Gasteiger partial charge in [0.1, 0.15) is 6.61 Å². The number of nitrogens with one attached hydrogen (secondary N) is 2. The molecule has 2 N–H and O–H groups in total. The van der Waals surface area contributed by atoms with E-state index >= 15 is 0 Å². The second-order valence-corrected chi connectivity index (χ2v) is 8.94. The fourth-order valence-corrected chi connectivity index (χ4v) is 4.13. The first-order chi connectivity index (χ1) is 12.8. The van der Waals surface area contributed by atoms with Crippen LogP contribution in [0.4, 0.5) is 5.95 Å². The Morgan fingerprint density at radius 1 is 1.37 bits per heavy atom. The summed E-state index contributed by atoms with van der Waals surface area (Å²) in [7, 11) is 4.08. The van der Waals surface area contributed by atoms with Crippen LogP contribution in [0.25, 0.3) is 10.6 Å². The highest BCUT2D eigenvalue weighted by Crippen LogP contribution is 2.32. The van der Waals surface area contributed by atoms with Gasteiger partial charge in [-0.1, -0.05) is 17.9 Å². The zero-order chi connectivity index (χ0) is 19.4. The van der Waals surface area contributed by atoms with Crippen molar-refractivity contribution in [2.24, 2.45) is 0 Å². The van der Waals surface area contributed by atoms with Crippen LogP contribution >= 0.6 is 11.3 Å². The van der Waals surface area contributed by atoms with Crippen LogP contribution in [0.1, 0.15) is 26.7 Å². The van der Waals surface area contributed by atoms with Gasteiger partial charge in [0, 0.05) is 36.4 Å². The maximum Gasteiger partial charge on any atom is 0.223 e. The van der Waals surface area contributed by atoms with Crippen LogP contribution in [0.2, 0.25) is 0 Å². The van der Waals surface area contributed by atoms with Gasteiger partial charge in [0.15, 0.2) is 5.06 Å². The van der Waals surface area contributed by atoms with Gasteiger partial charge in [0.05, 0.1) is 10.6 Å². The van der Waals surface area contributed by atoms with Gasteiger partial charge in [-0.3, -0.25) is 0 Å². The topological polar surface area (TPSA) is 62.3 Å². The number of piperidine rings is 1. The van der Waals surface area contributed by atoms with Gasteiger partial charge in [-0.2, -0.15) is 0 Å². The molecule has 0 amide bonds. The van der Waals surface area contributed by atoms with Crippen molar-refractivity contribution < 1.29 is 4.74 Å². The number of aromatic nitrogens is 2. The molecule has 1 saturated heterocycles. The van der Waals surface area contributed by atoms with Crippen LogP contribution in [0, 0.1) is 0 Å². The fraction of sp³-hybridized carbons (Fsp3) is 0.500. The Balaban J connectivity index is 1.65. The molecule has 1 aliphatic rings. The van der Waals surface area contributed by atoms with E-state index in [1.165, 1.54) is 0 Å². The quantitative estimate of drug-likeness (QED) is 0.757. The van der Waals surface area contributed by atoms with Crippen LogP contribution < -0.4 is 15.4 Å². The van der Waals surface area contributed by atoms with Gasteiger partial charge in [-0.25, -0.2) is 9.97 Å². The second-order valence-electron chi connectivity index (χ2n) is 7.90. The minimum Gasteiger partial charge on any atom is -0.483 e. The average molecular weight is 388 g/mol. The predicted octanol–water partition coefficient (Wildman–Crippen LogP) is 3.60. The summed E-state index contributed by atoms with van der Waals surface area (Å²) in [6, 6.07) is 6.27. The van der Waals surface area contributed by atoms with Crippen molar-refractivity contribution in [3.05, 3.63) is 36.7 Å². The lowest BCUT2D eigenvalue weighted by molar-refractivity contribution is 0.267. The smallest absolute Gasteiger partial charge is 0.223 e. The summed E-state index contributed by atoms with van der Waals surface area (Å²) >= 11 is 1.61. The minimum atomic E-state index is 0.0250. The summed E-state index contributed by atoms with van der Waals surface area (Å²) in [6.45, 7) is 10.0. The zero-order valence-electron chi connectivity index (χ0n) is 16.6. The van der Waals surface area contributed by atoms with Gasteiger partial charge in [-0.15, -0.1) is 0 Å². The Bertz CT molecular complexity index is 786. The van der Waals surface area contributed by atoms with Gasteiger partial charge in [0.2, 0.25) is 5.95 Å². The summed E-state index contributed by atoms with van der Waals surface area (Å²) in [5.74, 6) is 0.659. The highest BCUT2D eigenvalue weighted by atomic mass is 32.1. The third-order valence-corrected chi connectivity index (χ3v) is 5.39. The number of nitrogens with zero attached hydrogens (tertiary/aromatic N) is 3. The van der Waals surface area contributed by atoms with E-state index in [9.17, 15) is 0 Å². The molecule has 0 spiro atoms. The molecule has 0 bridgehead atoms. The molecule has 0 aliphatic carbocycles. The van der Waals surface area contributed by atoms with Crippen molar-refractivity contribution in [1.82, 2.24) is 20.2 Å². The van der Waals surface area contributed by atoms with Gasteiger partial charge in [-0.05, 0) is 52.6 Å². The SMILES string of the molecule is C=C1CC(Nc2nccc(-c3ccc(OCCN(C)C)s3)n2)CC(C)(C)N1. The van der Waals surface area contributed by atoms with Crippen molar-refractivity contribution >= 4 is 17.3 Å². The minimum absolute atomic E-state index is 0.0250. The molecule has 2 aromatic rings.